The summed E-state index contributed by atoms with van der Waals surface area (Å²) in [5, 5.41) is 0.459. The van der Waals surface area contributed by atoms with Crippen LogP contribution < -0.4 is 14.2 Å². The molecule has 0 spiro atoms. The van der Waals surface area contributed by atoms with Crippen molar-refractivity contribution in [2.24, 2.45) is 0 Å². The summed E-state index contributed by atoms with van der Waals surface area (Å²) in [5.41, 5.74) is 0.206. The number of amides is 1. The van der Waals surface area contributed by atoms with E-state index in [-0.39, 0.29) is 4.90 Å². The summed E-state index contributed by atoms with van der Waals surface area (Å²) in [5.74, 6) is 0.559. The molecule has 4 rings (SSSR count). The van der Waals surface area contributed by atoms with E-state index in [0.29, 0.717) is 47.4 Å². The maximum atomic E-state index is 13.2. The van der Waals surface area contributed by atoms with E-state index in [9.17, 15) is 13.2 Å². The number of aromatic nitrogens is 1. The molecule has 3 aromatic rings. The number of nitrogens with one attached hydrogen (secondary N) is 1. The van der Waals surface area contributed by atoms with E-state index < -0.39 is 21.3 Å². The molecule has 0 saturated heterocycles. The lowest BCUT2D eigenvalue weighted by molar-refractivity contribution is -0.121. The van der Waals surface area contributed by atoms with Crippen LogP contribution in [0.5, 0.6) is 11.5 Å². The molecule has 1 saturated carbocycles. The van der Waals surface area contributed by atoms with Gasteiger partial charge in [0.05, 0.1) is 29.5 Å². The van der Waals surface area contributed by atoms with Crippen LogP contribution >= 0.6 is 0 Å². The third kappa shape index (κ3) is 3.47. The van der Waals surface area contributed by atoms with Crippen LogP contribution in [0.15, 0.2) is 59.6 Å². The second kappa shape index (κ2) is 7.60. The van der Waals surface area contributed by atoms with Crippen molar-refractivity contribution in [2.75, 3.05) is 13.7 Å². The van der Waals surface area contributed by atoms with Crippen molar-refractivity contribution in [3.63, 3.8) is 0 Å². The molecule has 0 atom stereocenters. The molecule has 1 fully saturated rings. The SMILES string of the molecule is CCOc1ccc(OC)c(C2(C(=O)NS(=O)(=O)c3cccc4ncccc34)CC2)c1. The van der Waals surface area contributed by atoms with Gasteiger partial charge in [-0.15, -0.1) is 0 Å². The molecule has 0 unspecified atom stereocenters. The first-order valence-corrected chi connectivity index (χ1v) is 11.1. The number of pyridine rings is 1. The van der Waals surface area contributed by atoms with Gasteiger partial charge in [-0.2, -0.15) is 0 Å². The second-order valence-electron chi connectivity index (χ2n) is 7.14. The van der Waals surface area contributed by atoms with Crippen LogP contribution in [0.2, 0.25) is 0 Å². The fourth-order valence-corrected chi connectivity index (χ4v) is 4.91. The fraction of sp³-hybridized carbons (Fsp3) is 0.273. The lowest BCUT2D eigenvalue weighted by Crippen LogP contribution is -2.39. The zero-order valence-corrected chi connectivity index (χ0v) is 17.5. The van der Waals surface area contributed by atoms with E-state index in [4.69, 9.17) is 9.47 Å². The van der Waals surface area contributed by atoms with Gasteiger partial charge >= 0.3 is 0 Å². The Morgan fingerprint density at radius 1 is 1.17 bits per heavy atom. The topological polar surface area (TPSA) is 94.6 Å². The molecule has 0 radical (unpaired) electrons. The predicted molar refractivity (Wildman–Crippen MR) is 112 cm³/mol. The molecule has 0 bridgehead atoms. The van der Waals surface area contributed by atoms with Gasteiger partial charge < -0.3 is 9.47 Å². The zero-order chi connectivity index (χ0) is 21.4. The van der Waals surface area contributed by atoms with Crippen molar-refractivity contribution in [2.45, 2.75) is 30.1 Å². The van der Waals surface area contributed by atoms with Crippen LogP contribution in [0, 0.1) is 0 Å². The van der Waals surface area contributed by atoms with E-state index in [1.54, 1.807) is 48.7 Å². The van der Waals surface area contributed by atoms with Crippen molar-refractivity contribution in [1.29, 1.82) is 0 Å². The molecule has 8 heteroatoms. The first kappa shape index (κ1) is 20.2. The van der Waals surface area contributed by atoms with Gasteiger partial charge in [0, 0.05) is 17.1 Å². The maximum Gasteiger partial charge on any atom is 0.264 e. The molecule has 1 aromatic heterocycles. The number of benzene rings is 2. The van der Waals surface area contributed by atoms with Gasteiger partial charge in [0.1, 0.15) is 11.5 Å². The number of hydrogen-bond acceptors (Lipinski definition) is 6. The molecule has 0 aliphatic heterocycles. The number of carbonyl (C=O) groups excluding carboxylic acids is 1. The standard InChI is InChI=1S/C22H22N2O5S/c1-3-29-15-9-10-19(28-2)17(14-15)22(11-12-22)21(25)24-30(26,27)20-8-4-7-18-16(20)6-5-13-23-18/h4-10,13-14H,3,11-12H2,1-2H3,(H,24,25). The number of sulfonamides is 1. The largest absolute Gasteiger partial charge is 0.496 e. The monoisotopic (exact) mass is 426 g/mol. The number of ether oxygens (including phenoxy) is 2. The lowest BCUT2D eigenvalue weighted by atomic mass is 9.94. The van der Waals surface area contributed by atoms with Gasteiger partial charge in [-0.05, 0) is 62.2 Å². The summed E-state index contributed by atoms with van der Waals surface area (Å²) < 4.78 is 39.4. The summed E-state index contributed by atoms with van der Waals surface area (Å²) in [6.07, 6.45) is 2.64. The van der Waals surface area contributed by atoms with Gasteiger partial charge in [0.25, 0.3) is 10.0 Å². The third-order valence-electron chi connectivity index (χ3n) is 5.30. The molecular weight excluding hydrogens is 404 g/mol. The van der Waals surface area contributed by atoms with Crippen LogP contribution in [-0.4, -0.2) is 33.0 Å². The van der Waals surface area contributed by atoms with Crippen LogP contribution in [0.1, 0.15) is 25.3 Å². The molecule has 1 N–H and O–H groups in total. The Hall–Kier alpha value is -3.13. The van der Waals surface area contributed by atoms with Crippen molar-refractivity contribution >= 4 is 26.8 Å². The summed E-state index contributed by atoms with van der Waals surface area (Å²) >= 11 is 0. The van der Waals surface area contributed by atoms with Crippen LogP contribution in [0.3, 0.4) is 0 Å². The minimum atomic E-state index is -4.09. The zero-order valence-electron chi connectivity index (χ0n) is 16.7. The second-order valence-corrected chi connectivity index (χ2v) is 8.79. The Kier molecular flexibility index (Phi) is 5.11. The average Bonchev–Trinajstić information content (AvgIpc) is 3.55. The summed E-state index contributed by atoms with van der Waals surface area (Å²) in [6.45, 7) is 2.35. The minimum absolute atomic E-state index is 0.0206. The number of nitrogens with zero attached hydrogens (tertiary/aromatic N) is 1. The van der Waals surface area contributed by atoms with E-state index in [1.165, 1.54) is 13.2 Å². The Morgan fingerprint density at radius 2 is 1.97 bits per heavy atom. The molecule has 1 aliphatic rings. The van der Waals surface area contributed by atoms with Crippen LogP contribution in [0.25, 0.3) is 10.9 Å². The molecule has 1 heterocycles. The summed E-state index contributed by atoms with van der Waals surface area (Å²) in [6, 6.07) is 13.4. The molecule has 7 nitrogen and oxygen atoms in total. The third-order valence-corrected chi connectivity index (χ3v) is 6.69. The number of fused-ring (bicyclic) bond motifs is 1. The van der Waals surface area contributed by atoms with Crippen molar-refractivity contribution in [3.05, 3.63) is 60.3 Å². The lowest BCUT2D eigenvalue weighted by Gasteiger charge is -2.20. The number of carbonyl (C=O) groups is 1. The molecule has 2 aromatic carbocycles. The number of rotatable bonds is 7. The molecular formula is C22H22N2O5S. The number of methoxy groups -OCH3 is 1. The molecule has 30 heavy (non-hydrogen) atoms. The van der Waals surface area contributed by atoms with Gasteiger partial charge in [0.15, 0.2) is 0 Å². The Bertz CT molecular complexity index is 1210. The van der Waals surface area contributed by atoms with Crippen molar-refractivity contribution in [1.82, 2.24) is 9.71 Å². The Labute approximate surface area is 175 Å². The molecule has 156 valence electrons. The summed E-state index contributed by atoms with van der Waals surface area (Å²) in [7, 11) is -2.57. The highest BCUT2D eigenvalue weighted by Crippen LogP contribution is 2.52. The average molecular weight is 426 g/mol. The smallest absolute Gasteiger partial charge is 0.264 e. The molecule has 1 aliphatic carbocycles. The maximum absolute atomic E-state index is 13.2. The Balaban J connectivity index is 1.69. The highest BCUT2D eigenvalue weighted by molar-refractivity contribution is 7.90. The Morgan fingerprint density at radius 3 is 2.67 bits per heavy atom. The van der Waals surface area contributed by atoms with Gasteiger partial charge in [-0.3, -0.25) is 9.78 Å². The number of hydrogen-bond donors (Lipinski definition) is 1. The molecule has 1 amide bonds. The van der Waals surface area contributed by atoms with Crippen LogP contribution in [-0.2, 0) is 20.2 Å². The van der Waals surface area contributed by atoms with Gasteiger partial charge in [0.2, 0.25) is 5.91 Å². The van der Waals surface area contributed by atoms with Crippen molar-refractivity contribution in [3.8, 4) is 11.5 Å². The van der Waals surface area contributed by atoms with Gasteiger partial charge in [-0.1, -0.05) is 6.07 Å². The minimum Gasteiger partial charge on any atom is -0.496 e. The van der Waals surface area contributed by atoms with Crippen molar-refractivity contribution < 1.29 is 22.7 Å². The van der Waals surface area contributed by atoms with E-state index in [1.807, 2.05) is 6.92 Å². The van der Waals surface area contributed by atoms with E-state index >= 15 is 0 Å². The van der Waals surface area contributed by atoms with E-state index in [2.05, 4.69) is 9.71 Å². The quantitative estimate of drug-likeness (QED) is 0.624. The van der Waals surface area contributed by atoms with Gasteiger partial charge in [-0.25, -0.2) is 13.1 Å². The first-order valence-electron chi connectivity index (χ1n) is 9.63. The first-order chi connectivity index (χ1) is 14.4. The summed E-state index contributed by atoms with van der Waals surface area (Å²) in [4.78, 5) is 17.4. The van der Waals surface area contributed by atoms with E-state index in [0.717, 1.165) is 0 Å². The normalized spacial score (nSPS) is 14.9. The van der Waals surface area contributed by atoms with Crippen LogP contribution in [0.4, 0.5) is 0 Å². The fourth-order valence-electron chi connectivity index (χ4n) is 3.65. The predicted octanol–water partition coefficient (Wildman–Crippen LogP) is 3.18. The highest BCUT2D eigenvalue weighted by Gasteiger charge is 2.54. The highest BCUT2D eigenvalue weighted by atomic mass is 32.2.